The van der Waals surface area contributed by atoms with E-state index in [9.17, 15) is 0 Å². The number of nitrogens with one attached hydrogen (secondary N) is 1. The molecule has 0 bridgehead atoms. The summed E-state index contributed by atoms with van der Waals surface area (Å²) in [6.07, 6.45) is 4.36. The summed E-state index contributed by atoms with van der Waals surface area (Å²) >= 11 is 0. The minimum atomic E-state index is 0.277. The number of ether oxygens (including phenoxy) is 2. The fraction of sp³-hybridized carbons (Fsp3) is 1.00. The van der Waals surface area contributed by atoms with Gasteiger partial charge in [-0.25, -0.2) is 0 Å². The monoisotopic (exact) mass is 201 g/mol. The van der Waals surface area contributed by atoms with Crippen molar-refractivity contribution >= 4 is 0 Å². The highest BCUT2D eigenvalue weighted by Crippen LogP contribution is 2.14. The van der Waals surface area contributed by atoms with Crippen LogP contribution in [0.5, 0.6) is 0 Å². The van der Waals surface area contributed by atoms with Crippen molar-refractivity contribution in [2.24, 2.45) is 0 Å². The van der Waals surface area contributed by atoms with E-state index in [1.165, 1.54) is 12.8 Å². The van der Waals surface area contributed by atoms with E-state index in [1.807, 2.05) is 0 Å². The van der Waals surface area contributed by atoms with Crippen molar-refractivity contribution in [1.29, 1.82) is 0 Å². The molecule has 3 atom stereocenters. The maximum atomic E-state index is 5.55. The maximum Gasteiger partial charge on any atom is 0.0693 e. The predicted molar refractivity (Wildman–Crippen MR) is 57.5 cm³/mol. The molecule has 1 aliphatic heterocycles. The van der Waals surface area contributed by atoms with Crippen molar-refractivity contribution in [2.75, 3.05) is 20.3 Å². The summed E-state index contributed by atoms with van der Waals surface area (Å²) in [4.78, 5) is 0. The molecule has 1 saturated heterocycles. The maximum absolute atomic E-state index is 5.55. The van der Waals surface area contributed by atoms with Crippen LogP contribution in [0.15, 0.2) is 0 Å². The predicted octanol–water partition coefficient (Wildman–Crippen LogP) is 1.57. The summed E-state index contributed by atoms with van der Waals surface area (Å²) in [5.74, 6) is 0. The fourth-order valence-electron chi connectivity index (χ4n) is 1.71. The molecule has 14 heavy (non-hydrogen) atoms. The Morgan fingerprint density at radius 3 is 2.86 bits per heavy atom. The Labute approximate surface area is 87.2 Å². The van der Waals surface area contributed by atoms with Crippen LogP contribution in [-0.2, 0) is 9.47 Å². The molecule has 84 valence electrons. The van der Waals surface area contributed by atoms with Gasteiger partial charge in [-0.15, -0.1) is 0 Å². The molecule has 1 fully saturated rings. The van der Waals surface area contributed by atoms with Gasteiger partial charge < -0.3 is 14.8 Å². The van der Waals surface area contributed by atoms with Crippen LogP contribution in [0.1, 0.15) is 33.1 Å². The number of hydrogen-bond donors (Lipinski definition) is 1. The van der Waals surface area contributed by atoms with E-state index in [0.29, 0.717) is 12.1 Å². The molecule has 1 N–H and O–H groups in total. The highest BCUT2D eigenvalue weighted by Gasteiger charge is 2.16. The van der Waals surface area contributed by atoms with Crippen LogP contribution in [0.25, 0.3) is 0 Å². The lowest BCUT2D eigenvalue weighted by Gasteiger charge is -2.20. The first-order valence-electron chi connectivity index (χ1n) is 5.62. The first-order chi connectivity index (χ1) is 6.74. The van der Waals surface area contributed by atoms with Crippen LogP contribution in [0.3, 0.4) is 0 Å². The summed E-state index contributed by atoms with van der Waals surface area (Å²) in [6, 6.07) is 0.418. The molecule has 3 heteroatoms. The number of methoxy groups -OCH3 is 1. The van der Waals surface area contributed by atoms with Crippen LogP contribution in [0.2, 0.25) is 0 Å². The lowest BCUT2D eigenvalue weighted by molar-refractivity contribution is 0.0808. The van der Waals surface area contributed by atoms with E-state index < -0.39 is 0 Å². The Balaban J connectivity index is 2.02. The van der Waals surface area contributed by atoms with Crippen molar-refractivity contribution in [3.63, 3.8) is 0 Å². The normalized spacial score (nSPS) is 26.4. The van der Waals surface area contributed by atoms with Gasteiger partial charge in [0.15, 0.2) is 0 Å². The highest BCUT2D eigenvalue weighted by atomic mass is 16.5. The minimum Gasteiger partial charge on any atom is -0.380 e. The van der Waals surface area contributed by atoms with Gasteiger partial charge in [-0.2, -0.15) is 0 Å². The van der Waals surface area contributed by atoms with Gasteiger partial charge in [0.25, 0.3) is 0 Å². The fourth-order valence-corrected chi connectivity index (χ4v) is 1.71. The third kappa shape index (κ3) is 3.95. The van der Waals surface area contributed by atoms with Gasteiger partial charge in [0.1, 0.15) is 0 Å². The molecular weight excluding hydrogens is 178 g/mol. The second-order valence-electron chi connectivity index (χ2n) is 4.11. The third-order valence-corrected chi connectivity index (χ3v) is 3.03. The van der Waals surface area contributed by atoms with E-state index in [0.717, 1.165) is 19.6 Å². The lowest BCUT2D eigenvalue weighted by Crippen LogP contribution is -2.38. The Kier molecular flexibility index (Phi) is 5.45. The van der Waals surface area contributed by atoms with Crippen molar-refractivity contribution in [1.82, 2.24) is 5.32 Å². The summed E-state index contributed by atoms with van der Waals surface area (Å²) in [6.45, 7) is 6.22. The van der Waals surface area contributed by atoms with Crippen molar-refractivity contribution in [3.05, 3.63) is 0 Å². The van der Waals surface area contributed by atoms with Gasteiger partial charge in [0, 0.05) is 19.8 Å². The average molecular weight is 201 g/mol. The average Bonchev–Trinajstić information content (AvgIpc) is 2.69. The molecule has 0 radical (unpaired) electrons. The highest BCUT2D eigenvalue weighted by molar-refractivity contribution is 4.71. The second-order valence-corrected chi connectivity index (χ2v) is 4.11. The zero-order valence-electron chi connectivity index (χ0n) is 9.58. The molecule has 1 aliphatic rings. The number of hydrogen-bond acceptors (Lipinski definition) is 3. The van der Waals surface area contributed by atoms with Crippen LogP contribution < -0.4 is 5.32 Å². The quantitative estimate of drug-likeness (QED) is 0.707. The summed E-state index contributed by atoms with van der Waals surface area (Å²) < 4.78 is 10.8. The van der Waals surface area contributed by atoms with Crippen molar-refractivity contribution in [3.8, 4) is 0 Å². The van der Waals surface area contributed by atoms with E-state index in [2.05, 4.69) is 19.2 Å². The summed E-state index contributed by atoms with van der Waals surface area (Å²) in [5, 5.41) is 3.46. The van der Waals surface area contributed by atoms with Gasteiger partial charge >= 0.3 is 0 Å². The van der Waals surface area contributed by atoms with E-state index >= 15 is 0 Å². The Morgan fingerprint density at radius 2 is 2.29 bits per heavy atom. The summed E-state index contributed by atoms with van der Waals surface area (Å²) in [7, 11) is 1.75. The molecular formula is C11H23NO2. The molecule has 0 aromatic carbocycles. The third-order valence-electron chi connectivity index (χ3n) is 3.03. The van der Waals surface area contributed by atoms with Crippen LogP contribution >= 0.6 is 0 Å². The van der Waals surface area contributed by atoms with E-state index in [-0.39, 0.29) is 6.10 Å². The molecule has 0 aromatic heterocycles. The Hall–Kier alpha value is -0.120. The molecule has 0 saturated carbocycles. The van der Waals surface area contributed by atoms with Gasteiger partial charge in [-0.1, -0.05) is 0 Å². The van der Waals surface area contributed by atoms with Crippen molar-refractivity contribution < 1.29 is 9.47 Å². The van der Waals surface area contributed by atoms with Crippen LogP contribution in [0, 0.1) is 0 Å². The second kappa shape index (κ2) is 6.38. The van der Waals surface area contributed by atoms with Crippen molar-refractivity contribution in [2.45, 2.75) is 51.4 Å². The molecule has 0 aliphatic carbocycles. The first-order valence-corrected chi connectivity index (χ1v) is 5.62. The standard InChI is InChI=1S/C11H23NO2/c1-9(10(2)13-3)12-7-6-11-5-4-8-14-11/h9-12H,4-8H2,1-3H3. The zero-order valence-corrected chi connectivity index (χ0v) is 9.58. The Morgan fingerprint density at radius 1 is 1.50 bits per heavy atom. The summed E-state index contributed by atoms with van der Waals surface area (Å²) in [5.41, 5.74) is 0. The first kappa shape index (κ1) is 12.0. The van der Waals surface area contributed by atoms with Crippen LogP contribution in [0.4, 0.5) is 0 Å². The molecule has 1 heterocycles. The molecule has 0 aromatic rings. The zero-order chi connectivity index (χ0) is 10.4. The molecule has 1 rings (SSSR count). The van der Waals surface area contributed by atoms with Gasteiger partial charge in [-0.3, -0.25) is 0 Å². The molecule has 0 spiro atoms. The Bertz CT molecular complexity index is 146. The van der Waals surface area contributed by atoms with Gasteiger partial charge in [-0.05, 0) is 39.7 Å². The largest absolute Gasteiger partial charge is 0.380 e. The van der Waals surface area contributed by atoms with Crippen LogP contribution in [-0.4, -0.2) is 38.5 Å². The number of rotatable bonds is 6. The van der Waals surface area contributed by atoms with Gasteiger partial charge in [0.05, 0.1) is 12.2 Å². The molecule has 3 nitrogen and oxygen atoms in total. The smallest absolute Gasteiger partial charge is 0.0693 e. The van der Waals surface area contributed by atoms with E-state index in [1.54, 1.807) is 7.11 Å². The minimum absolute atomic E-state index is 0.277. The van der Waals surface area contributed by atoms with Gasteiger partial charge in [0.2, 0.25) is 0 Å². The molecule has 0 amide bonds. The SMILES string of the molecule is COC(C)C(C)NCCC1CCCO1. The topological polar surface area (TPSA) is 30.5 Å². The molecule has 3 unspecified atom stereocenters. The lowest BCUT2D eigenvalue weighted by atomic mass is 10.1. The van der Waals surface area contributed by atoms with E-state index in [4.69, 9.17) is 9.47 Å².